The molecular weight excluding hydrogens is 297 g/mol. The molecule has 2 aromatic carbocycles. The van der Waals surface area contributed by atoms with Crippen molar-refractivity contribution in [1.82, 2.24) is 5.32 Å². The van der Waals surface area contributed by atoms with Crippen molar-refractivity contribution >= 4 is 5.91 Å². The number of hydrogen-bond acceptors (Lipinski definition) is 3. The number of halogens is 1. The Bertz CT molecular complexity index is 643. The van der Waals surface area contributed by atoms with Gasteiger partial charge in [-0.05, 0) is 48.2 Å². The minimum Gasteiger partial charge on any atom is -0.508 e. The van der Waals surface area contributed by atoms with E-state index in [0.29, 0.717) is 12.1 Å². The maximum atomic E-state index is 13.1. The zero-order valence-electron chi connectivity index (χ0n) is 12.7. The second-order valence-corrected chi connectivity index (χ2v) is 5.39. The summed E-state index contributed by atoms with van der Waals surface area (Å²) in [5.41, 5.74) is 1.47. The molecule has 23 heavy (non-hydrogen) atoms. The summed E-state index contributed by atoms with van der Waals surface area (Å²) in [5.74, 6) is -0.475. The predicted octanol–water partition coefficient (Wildman–Crippen LogP) is 2.70. The molecule has 1 amide bonds. The number of rotatable bonds is 7. The average Bonchev–Trinajstić information content (AvgIpc) is 2.53. The van der Waals surface area contributed by atoms with Crippen molar-refractivity contribution in [3.63, 3.8) is 0 Å². The van der Waals surface area contributed by atoms with Crippen LogP contribution in [0.4, 0.5) is 4.39 Å². The normalized spacial score (nSPS) is 11.9. The molecule has 0 radical (unpaired) electrons. The van der Waals surface area contributed by atoms with Crippen LogP contribution in [0.3, 0.4) is 0 Å². The van der Waals surface area contributed by atoms with E-state index < -0.39 is 11.9 Å². The first-order valence-corrected chi connectivity index (χ1v) is 7.53. The molecule has 5 heteroatoms. The van der Waals surface area contributed by atoms with Gasteiger partial charge in [0.15, 0.2) is 0 Å². The Balaban J connectivity index is 1.69. The lowest BCUT2D eigenvalue weighted by Crippen LogP contribution is -2.26. The van der Waals surface area contributed by atoms with Gasteiger partial charge in [-0.1, -0.05) is 24.3 Å². The van der Waals surface area contributed by atoms with Crippen molar-refractivity contribution in [2.24, 2.45) is 0 Å². The van der Waals surface area contributed by atoms with Crippen LogP contribution in [0.2, 0.25) is 0 Å². The number of aliphatic hydroxyl groups excluding tert-OH is 1. The van der Waals surface area contributed by atoms with Crippen molar-refractivity contribution < 1.29 is 19.4 Å². The lowest BCUT2D eigenvalue weighted by Gasteiger charge is -2.11. The highest BCUT2D eigenvalue weighted by atomic mass is 19.1. The highest BCUT2D eigenvalue weighted by Gasteiger charge is 2.13. The molecule has 122 valence electrons. The fraction of sp³-hybridized carbons (Fsp3) is 0.278. The molecule has 0 aliphatic rings. The Kier molecular flexibility index (Phi) is 6.11. The monoisotopic (exact) mass is 317 g/mol. The molecule has 3 N–H and O–H groups in total. The predicted molar refractivity (Wildman–Crippen MR) is 85.4 cm³/mol. The standard InChI is InChI=1S/C18H20FNO3/c19-15-5-1-4-14(11-15)17(22)12-18(23)20-10-2-3-13-6-8-16(21)9-7-13/h1,4-9,11,17,21-22H,2-3,10,12H2,(H,20,23). The van der Waals surface area contributed by atoms with Crippen LogP contribution >= 0.6 is 0 Å². The number of phenolic OH excluding ortho intramolecular Hbond substituents is 1. The summed E-state index contributed by atoms with van der Waals surface area (Å²) in [4.78, 5) is 11.8. The van der Waals surface area contributed by atoms with Gasteiger partial charge < -0.3 is 15.5 Å². The van der Waals surface area contributed by atoms with Crippen LogP contribution in [0.5, 0.6) is 5.75 Å². The second kappa shape index (κ2) is 8.29. The summed E-state index contributed by atoms with van der Waals surface area (Å²) in [6, 6.07) is 12.5. The van der Waals surface area contributed by atoms with E-state index in [2.05, 4.69) is 5.32 Å². The Labute approximate surface area is 134 Å². The fourth-order valence-electron chi connectivity index (χ4n) is 2.26. The van der Waals surface area contributed by atoms with Gasteiger partial charge in [-0.2, -0.15) is 0 Å². The maximum absolute atomic E-state index is 13.1. The molecule has 0 aliphatic heterocycles. The number of aromatic hydroxyl groups is 1. The summed E-state index contributed by atoms with van der Waals surface area (Å²) in [7, 11) is 0. The van der Waals surface area contributed by atoms with E-state index in [9.17, 15) is 19.4 Å². The molecule has 2 rings (SSSR count). The first-order chi connectivity index (χ1) is 11.0. The number of carbonyl (C=O) groups excluding carboxylic acids is 1. The van der Waals surface area contributed by atoms with Crippen LogP contribution in [0.1, 0.15) is 30.1 Å². The molecule has 0 heterocycles. The molecule has 1 unspecified atom stereocenters. The highest BCUT2D eigenvalue weighted by Crippen LogP contribution is 2.17. The molecule has 0 bridgehead atoms. The van der Waals surface area contributed by atoms with Gasteiger partial charge >= 0.3 is 0 Å². The lowest BCUT2D eigenvalue weighted by molar-refractivity contribution is -0.123. The van der Waals surface area contributed by atoms with E-state index in [0.717, 1.165) is 18.4 Å². The molecule has 1 atom stereocenters. The maximum Gasteiger partial charge on any atom is 0.222 e. The van der Waals surface area contributed by atoms with Gasteiger partial charge in [0, 0.05) is 6.54 Å². The number of nitrogens with one attached hydrogen (secondary N) is 1. The Hall–Kier alpha value is -2.40. The number of carbonyl (C=O) groups is 1. The first-order valence-electron chi connectivity index (χ1n) is 7.53. The summed E-state index contributed by atoms with van der Waals surface area (Å²) in [6.45, 7) is 0.496. The molecule has 0 saturated heterocycles. The van der Waals surface area contributed by atoms with Crippen molar-refractivity contribution in [3.8, 4) is 5.75 Å². The Morgan fingerprint density at radius 2 is 1.91 bits per heavy atom. The third-order valence-corrected chi connectivity index (χ3v) is 3.51. The van der Waals surface area contributed by atoms with Gasteiger partial charge in [0.2, 0.25) is 5.91 Å². The molecule has 4 nitrogen and oxygen atoms in total. The number of aryl methyl sites for hydroxylation is 1. The third kappa shape index (κ3) is 5.71. The van der Waals surface area contributed by atoms with Crippen LogP contribution in [0.25, 0.3) is 0 Å². The van der Waals surface area contributed by atoms with Crippen LogP contribution in [-0.2, 0) is 11.2 Å². The van der Waals surface area contributed by atoms with Gasteiger partial charge in [0.1, 0.15) is 11.6 Å². The lowest BCUT2D eigenvalue weighted by atomic mass is 10.1. The van der Waals surface area contributed by atoms with E-state index in [-0.39, 0.29) is 18.1 Å². The fourth-order valence-corrected chi connectivity index (χ4v) is 2.26. The molecule has 2 aromatic rings. The van der Waals surface area contributed by atoms with E-state index in [1.807, 2.05) is 12.1 Å². The number of phenols is 1. The zero-order valence-corrected chi connectivity index (χ0v) is 12.7. The van der Waals surface area contributed by atoms with E-state index in [1.165, 1.54) is 18.2 Å². The van der Waals surface area contributed by atoms with E-state index >= 15 is 0 Å². The number of hydrogen-bond donors (Lipinski definition) is 3. The number of amides is 1. The van der Waals surface area contributed by atoms with Gasteiger partial charge in [-0.15, -0.1) is 0 Å². The Morgan fingerprint density at radius 1 is 1.17 bits per heavy atom. The minimum atomic E-state index is -1.01. The number of benzene rings is 2. The Morgan fingerprint density at radius 3 is 2.61 bits per heavy atom. The third-order valence-electron chi connectivity index (χ3n) is 3.51. The molecule has 0 aliphatic carbocycles. The number of aliphatic hydroxyl groups is 1. The minimum absolute atomic E-state index is 0.0946. The van der Waals surface area contributed by atoms with Gasteiger partial charge in [0.05, 0.1) is 12.5 Å². The van der Waals surface area contributed by atoms with E-state index in [4.69, 9.17) is 0 Å². The zero-order chi connectivity index (χ0) is 16.7. The van der Waals surface area contributed by atoms with Crippen molar-refractivity contribution in [2.75, 3.05) is 6.54 Å². The van der Waals surface area contributed by atoms with Crippen LogP contribution < -0.4 is 5.32 Å². The van der Waals surface area contributed by atoms with Crippen molar-refractivity contribution in [1.29, 1.82) is 0 Å². The largest absolute Gasteiger partial charge is 0.508 e. The smallest absolute Gasteiger partial charge is 0.222 e. The summed E-state index contributed by atoms with van der Waals surface area (Å²) in [6.07, 6.45) is 0.435. The quantitative estimate of drug-likeness (QED) is 0.688. The first kappa shape index (κ1) is 17.0. The molecular formula is C18H20FNO3. The van der Waals surface area contributed by atoms with Crippen LogP contribution in [0.15, 0.2) is 48.5 Å². The molecule has 0 saturated carbocycles. The SMILES string of the molecule is O=C(CC(O)c1cccc(F)c1)NCCCc1ccc(O)cc1. The van der Waals surface area contributed by atoms with Crippen molar-refractivity contribution in [2.45, 2.75) is 25.4 Å². The van der Waals surface area contributed by atoms with Gasteiger partial charge in [-0.25, -0.2) is 4.39 Å². The molecule has 0 spiro atoms. The summed E-state index contributed by atoms with van der Waals surface area (Å²) >= 11 is 0. The van der Waals surface area contributed by atoms with Gasteiger partial charge in [-0.3, -0.25) is 4.79 Å². The van der Waals surface area contributed by atoms with E-state index in [1.54, 1.807) is 18.2 Å². The van der Waals surface area contributed by atoms with Crippen LogP contribution in [-0.4, -0.2) is 22.7 Å². The van der Waals surface area contributed by atoms with Crippen molar-refractivity contribution in [3.05, 3.63) is 65.5 Å². The summed E-state index contributed by atoms with van der Waals surface area (Å²) < 4.78 is 13.1. The second-order valence-electron chi connectivity index (χ2n) is 5.39. The van der Waals surface area contributed by atoms with Gasteiger partial charge in [0.25, 0.3) is 0 Å². The topological polar surface area (TPSA) is 69.6 Å². The molecule has 0 fully saturated rings. The highest BCUT2D eigenvalue weighted by molar-refractivity contribution is 5.76. The summed E-state index contributed by atoms with van der Waals surface area (Å²) in [5, 5.41) is 21.9. The average molecular weight is 317 g/mol. The molecule has 0 aromatic heterocycles. The van der Waals surface area contributed by atoms with Crippen LogP contribution in [0, 0.1) is 5.82 Å².